The molecule has 3 rings (SSSR count). The number of sulfonamides is 1. The summed E-state index contributed by atoms with van der Waals surface area (Å²) in [4.78, 5) is 16.5. The van der Waals surface area contributed by atoms with E-state index in [-0.39, 0.29) is 23.7 Å². The Morgan fingerprint density at radius 3 is 2.34 bits per heavy atom. The number of hydrogen-bond donors (Lipinski definition) is 0. The van der Waals surface area contributed by atoms with Gasteiger partial charge in [0.05, 0.1) is 4.90 Å². The Hall–Kier alpha value is -3.04. The number of carbonyl (C=O) groups is 1. The quantitative estimate of drug-likeness (QED) is 0.422. The number of rotatable bonds is 10. The van der Waals surface area contributed by atoms with E-state index in [0.717, 1.165) is 5.56 Å². The second-order valence-corrected chi connectivity index (χ2v) is 8.98. The highest BCUT2D eigenvalue weighted by Gasteiger charge is 2.21. The smallest absolute Gasteiger partial charge is 0.306 e. The van der Waals surface area contributed by atoms with Crippen molar-refractivity contribution in [3.05, 3.63) is 71.9 Å². The number of aryl methyl sites for hydroxylation is 1. The number of aromatic nitrogens is 1. The van der Waals surface area contributed by atoms with Gasteiger partial charge in [-0.2, -0.15) is 4.31 Å². The Labute approximate surface area is 186 Å². The zero-order valence-electron chi connectivity index (χ0n) is 18.0. The average Bonchev–Trinajstić information content (AvgIpc) is 3.27. The summed E-state index contributed by atoms with van der Waals surface area (Å²) in [6.07, 6.45) is 1.95. The van der Waals surface area contributed by atoms with E-state index in [1.54, 1.807) is 50.2 Å². The fourth-order valence-corrected chi connectivity index (χ4v) is 4.57. The van der Waals surface area contributed by atoms with Gasteiger partial charge in [0.2, 0.25) is 15.9 Å². The molecule has 0 aliphatic carbocycles. The molecule has 0 N–H and O–H groups in total. The normalized spacial score (nSPS) is 11.6. The van der Waals surface area contributed by atoms with Crippen LogP contribution in [0.5, 0.6) is 0 Å². The molecule has 0 aliphatic rings. The molecule has 0 aliphatic heterocycles. The largest absolute Gasteiger partial charge is 0.459 e. The van der Waals surface area contributed by atoms with Crippen molar-refractivity contribution in [1.29, 1.82) is 0 Å². The predicted molar refractivity (Wildman–Crippen MR) is 117 cm³/mol. The summed E-state index contributed by atoms with van der Waals surface area (Å²) in [5.41, 5.74) is 1.90. The van der Waals surface area contributed by atoms with Gasteiger partial charge in [0.1, 0.15) is 24.4 Å². The molecule has 0 radical (unpaired) electrons. The first kappa shape index (κ1) is 23.6. The van der Waals surface area contributed by atoms with Gasteiger partial charge >= 0.3 is 5.97 Å². The van der Waals surface area contributed by atoms with Crippen LogP contribution in [-0.4, -0.2) is 36.8 Å². The van der Waals surface area contributed by atoms with Gasteiger partial charge in [-0.05, 0) is 48.4 Å². The molecule has 0 saturated heterocycles. The van der Waals surface area contributed by atoms with E-state index >= 15 is 0 Å². The lowest BCUT2D eigenvalue weighted by atomic mass is 10.1. The summed E-state index contributed by atoms with van der Waals surface area (Å²) in [5, 5.41) is 0. The Morgan fingerprint density at radius 2 is 1.72 bits per heavy atom. The fourth-order valence-electron chi connectivity index (χ4n) is 3.11. The second kappa shape index (κ2) is 10.5. The van der Waals surface area contributed by atoms with Crippen molar-refractivity contribution in [2.75, 3.05) is 13.1 Å². The third-order valence-corrected chi connectivity index (χ3v) is 6.97. The molecule has 9 heteroatoms. The Kier molecular flexibility index (Phi) is 7.76. The van der Waals surface area contributed by atoms with Crippen LogP contribution in [0.15, 0.2) is 64.1 Å². The van der Waals surface area contributed by atoms with Gasteiger partial charge in [-0.3, -0.25) is 4.79 Å². The molecule has 2 aromatic carbocycles. The van der Waals surface area contributed by atoms with Gasteiger partial charge in [0, 0.05) is 25.1 Å². The van der Waals surface area contributed by atoms with Crippen molar-refractivity contribution in [2.24, 2.45) is 0 Å². The Morgan fingerprint density at radius 1 is 1.06 bits per heavy atom. The zero-order chi connectivity index (χ0) is 23.1. The number of esters is 1. The third-order valence-electron chi connectivity index (χ3n) is 4.91. The van der Waals surface area contributed by atoms with Crippen molar-refractivity contribution < 1.29 is 26.8 Å². The maximum Gasteiger partial charge on any atom is 0.306 e. The number of carbonyl (C=O) groups excluding carboxylic acids is 1. The lowest BCUT2D eigenvalue weighted by molar-refractivity contribution is -0.145. The van der Waals surface area contributed by atoms with Gasteiger partial charge in [-0.25, -0.2) is 17.8 Å². The van der Waals surface area contributed by atoms with E-state index in [1.807, 2.05) is 0 Å². The van der Waals surface area contributed by atoms with Crippen molar-refractivity contribution in [3.8, 4) is 11.5 Å². The molecule has 7 nitrogen and oxygen atoms in total. The number of nitrogens with zero attached hydrogens (tertiary/aromatic N) is 2. The molecule has 0 atom stereocenters. The van der Waals surface area contributed by atoms with E-state index in [4.69, 9.17) is 9.15 Å². The van der Waals surface area contributed by atoms with Gasteiger partial charge in [0.15, 0.2) is 0 Å². The van der Waals surface area contributed by atoms with Crippen LogP contribution in [0.4, 0.5) is 4.39 Å². The van der Waals surface area contributed by atoms with Crippen LogP contribution in [0.3, 0.4) is 0 Å². The molecule has 32 heavy (non-hydrogen) atoms. The van der Waals surface area contributed by atoms with Crippen molar-refractivity contribution in [3.63, 3.8) is 0 Å². The first-order valence-corrected chi connectivity index (χ1v) is 11.7. The number of oxazole rings is 1. The lowest BCUT2D eigenvalue weighted by Crippen LogP contribution is -2.30. The average molecular weight is 461 g/mol. The highest BCUT2D eigenvalue weighted by molar-refractivity contribution is 7.89. The number of hydrogen-bond acceptors (Lipinski definition) is 6. The topological polar surface area (TPSA) is 89.7 Å². The Bertz CT molecular complexity index is 1140. The molecule has 3 aromatic rings. The summed E-state index contributed by atoms with van der Waals surface area (Å²) in [7, 11) is -3.50. The maximum absolute atomic E-state index is 13.0. The minimum Gasteiger partial charge on any atom is -0.459 e. The first-order valence-electron chi connectivity index (χ1n) is 10.3. The zero-order valence-corrected chi connectivity index (χ0v) is 18.8. The molecule has 0 bridgehead atoms. The van der Waals surface area contributed by atoms with Gasteiger partial charge in [-0.15, -0.1) is 0 Å². The maximum atomic E-state index is 13.0. The SMILES string of the molecule is CCN(CC)S(=O)(=O)c1ccc(CCC(=O)OCc2coc(-c3ccc(F)cc3)n2)cc1. The first-order chi connectivity index (χ1) is 15.3. The molecule has 0 unspecified atom stereocenters. The Balaban J connectivity index is 1.50. The standard InChI is InChI=1S/C23H25FN2O5S/c1-3-26(4-2)32(28,29)21-12-5-17(6-13-21)7-14-22(27)30-15-20-16-31-23(25-20)18-8-10-19(24)11-9-18/h5-6,8-13,16H,3-4,7,14-15H2,1-2H3. The highest BCUT2D eigenvalue weighted by Crippen LogP contribution is 2.20. The molecule has 0 saturated carbocycles. The molecule has 1 aromatic heterocycles. The van der Waals surface area contributed by atoms with Crippen LogP contribution in [0.25, 0.3) is 11.5 Å². The van der Waals surface area contributed by atoms with Crippen LogP contribution in [-0.2, 0) is 32.6 Å². The van der Waals surface area contributed by atoms with Gasteiger partial charge in [-0.1, -0.05) is 26.0 Å². The summed E-state index contributed by atoms with van der Waals surface area (Å²) < 4.78 is 50.0. The van der Waals surface area contributed by atoms with Gasteiger partial charge in [0.25, 0.3) is 0 Å². The summed E-state index contributed by atoms with van der Waals surface area (Å²) >= 11 is 0. The minimum absolute atomic E-state index is 0.0371. The van der Waals surface area contributed by atoms with Crippen molar-refractivity contribution >= 4 is 16.0 Å². The van der Waals surface area contributed by atoms with Crippen molar-refractivity contribution in [2.45, 2.75) is 38.2 Å². The third kappa shape index (κ3) is 5.80. The monoisotopic (exact) mass is 460 g/mol. The predicted octanol–water partition coefficient (Wildman–Crippen LogP) is 4.19. The minimum atomic E-state index is -3.50. The summed E-state index contributed by atoms with van der Waals surface area (Å²) in [6, 6.07) is 12.2. The molecule has 0 fully saturated rings. The molecule has 1 heterocycles. The fraction of sp³-hybridized carbons (Fsp3) is 0.304. The number of ether oxygens (including phenoxy) is 1. The van der Waals surface area contributed by atoms with Crippen LogP contribution in [0.2, 0.25) is 0 Å². The summed E-state index contributed by atoms with van der Waals surface area (Å²) in [6.45, 7) is 4.37. The molecular weight excluding hydrogens is 435 g/mol. The van der Waals surface area contributed by atoms with Crippen LogP contribution < -0.4 is 0 Å². The lowest BCUT2D eigenvalue weighted by Gasteiger charge is -2.18. The van der Waals surface area contributed by atoms with E-state index in [2.05, 4.69) is 4.98 Å². The summed E-state index contributed by atoms with van der Waals surface area (Å²) in [5.74, 6) is -0.443. The van der Waals surface area contributed by atoms with E-state index in [0.29, 0.717) is 36.7 Å². The highest BCUT2D eigenvalue weighted by atomic mass is 32.2. The molecule has 0 amide bonds. The molecular formula is C23H25FN2O5S. The van der Waals surface area contributed by atoms with Crippen LogP contribution >= 0.6 is 0 Å². The van der Waals surface area contributed by atoms with E-state index in [9.17, 15) is 17.6 Å². The number of halogens is 1. The van der Waals surface area contributed by atoms with Crippen molar-refractivity contribution in [1.82, 2.24) is 9.29 Å². The van der Waals surface area contributed by atoms with E-state index in [1.165, 1.54) is 22.7 Å². The number of benzene rings is 2. The molecule has 0 spiro atoms. The van der Waals surface area contributed by atoms with Crippen LogP contribution in [0.1, 0.15) is 31.5 Å². The second-order valence-electron chi connectivity index (χ2n) is 7.04. The molecule has 170 valence electrons. The van der Waals surface area contributed by atoms with Crippen LogP contribution in [0, 0.1) is 5.82 Å². The van der Waals surface area contributed by atoms with E-state index < -0.39 is 16.0 Å². The van der Waals surface area contributed by atoms with Gasteiger partial charge < -0.3 is 9.15 Å².